The van der Waals surface area contributed by atoms with Crippen LogP contribution in [0.4, 0.5) is 45.5 Å². The van der Waals surface area contributed by atoms with E-state index in [-0.39, 0.29) is 49.9 Å². The Morgan fingerprint density at radius 3 is 1.46 bits per heavy atom. The number of rotatable bonds is 11. The number of hydrogen-bond acceptors (Lipinski definition) is 14. The largest absolute Gasteiger partial charge is 0.505 e. The molecule has 0 spiro atoms. The highest BCUT2D eigenvalue weighted by atomic mass is 32.2. The van der Waals surface area contributed by atoms with Crippen molar-refractivity contribution in [1.29, 1.82) is 0 Å². The molecule has 0 radical (unpaired) electrons. The van der Waals surface area contributed by atoms with E-state index in [0.29, 0.717) is 16.9 Å². The number of azo groups is 2. The first-order valence-corrected chi connectivity index (χ1v) is 24.5. The van der Waals surface area contributed by atoms with E-state index in [0.717, 1.165) is 35.0 Å². The third-order valence-corrected chi connectivity index (χ3v) is 13.2. The summed E-state index contributed by atoms with van der Waals surface area (Å²) in [6.45, 7) is 3.13. The molecule has 21 nitrogen and oxygen atoms in total. The molecule has 356 valence electrons. The SMILES string of the molecule is Cc1ccccc1N=Nc1c(S(=O)(=O)O)cc2cc(NC(O)=Nc3cc(S(=O)(=O)O)cc(N=C(O)Nc4ccc5c(O)c(N=Nc6ccc7ccccc7c6)c(S(=O)(=O)O)cc5c4)c3C)ccc2c1O. The molecular formula is C46H36N8O13S3. The second-order valence-corrected chi connectivity index (χ2v) is 19.6. The van der Waals surface area contributed by atoms with E-state index in [2.05, 4.69) is 41.1 Å². The molecule has 24 heteroatoms. The molecule has 70 heavy (non-hydrogen) atoms. The summed E-state index contributed by atoms with van der Waals surface area (Å²) in [6, 6.07) is 29.4. The van der Waals surface area contributed by atoms with Crippen LogP contribution in [0.3, 0.4) is 0 Å². The third-order valence-electron chi connectivity index (χ3n) is 10.6. The molecule has 8 aromatic rings. The van der Waals surface area contributed by atoms with Gasteiger partial charge in [0.15, 0.2) is 11.5 Å². The Hall–Kier alpha value is -8.39. The fourth-order valence-corrected chi connectivity index (χ4v) is 8.99. The van der Waals surface area contributed by atoms with Crippen LogP contribution in [0.5, 0.6) is 11.5 Å². The van der Waals surface area contributed by atoms with Crippen LogP contribution in [-0.2, 0) is 30.4 Å². The van der Waals surface area contributed by atoms with Gasteiger partial charge >= 0.3 is 0 Å². The Bertz CT molecular complexity index is 3960. The number of anilines is 2. The zero-order valence-electron chi connectivity index (χ0n) is 36.1. The number of amidine groups is 2. The van der Waals surface area contributed by atoms with Gasteiger partial charge in [0.1, 0.15) is 21.2 Å². The van der Waals surface area contributed by atoms with Crippen molar-refractivity contribution in [2.45, 2.75) is 28.5 Å². The Balaban J connectivity index is 1.08. The molecule has 0 bridgehead atoms. The molecule has 9 N–H and O–H groups in total. The lowest BCUT2D eigenvalue weighted by Crippen LogP contribution is -2.11. The topological polar surface area (TPSA) is 342 Å². The van der Waals surface area contributed by atoms with Gasteiger partial charge in [0.2, 0.25) is 0 Å². The Labute approximate surface area is 397 Å². The lowest BCUT2D eigenvalue weighted by atomic mass is 10.1. The molecule has 0 aliphatic heterocycles. The number of aliphatic hydroxyl groups excluding tert-OH is 2. The smallest absolute Gasteiger partial charge is 0.296 e. The van der Waals surface area contributed by atoms with Gasteiger partial charge in [-0.25, -0.2) is 0 Å². The van der Waals surface area contributed by atoms with Crippen molar-refractivity contribution < 1.29 is 59.3 Å². The van der Waals surface area contributed by atoms with E-state index >= 15 is 0 Å². The molecule has 0 amide bonds. The lowest BCUT2D eigenvalue weighted by molar-refractivity contribution is 0.471. The summed E-state index contributed by atoms with van der Waals surface area (Å²) in [6.07, 6.45) is 0. The van der Waals surface area contributed by atoms with Crippen LogP contribution >= 0.6 is 0 Å². The zero-order valence-corrected chi connectivity index (χ0v) is 38.6. The number of nitrogens with one attached hydrogen (secondary N) is 2. The van der Waals surface area contributed by atoms with E-state index < -0.39 is 80.0 Å². The van der Waals surface area contributed by atoms with E-state index in [1.807, 2.05) is 24.3 Å². The average molecular weight is 1010 g/mol. The van der Waals surface area contributed by atoms with Crippen molar-refractivity contribution in [2.75, 3.05) is 10.6 Å². The number of phenolic OH excluding ortho intramolecular Hbond substituents is 2. The van der Waals surface area contributed by atoms with Crippen LogP contribution in [0.1, 0.15) is 11.1 Å². The molecule has 8 rings (SSSR count). The van der Waals surface area contributed by atoms with Gasteiger partial charge in [-0.3, -0.25) is 13.7 Å². The predicted molar refractivity (Wildman–Crippen MR) is 262 cm³/mol. The highest BCUT2D eigenvalue weighted by Gasteiger charge is 2.24. The summed E-state index contributed by atoms with van der Waals surface area (Å²) in [5.41, 5.74) is -0.0676. The minimum Gasteiger partial charge on any atom is -0.505 e. The molecule has 0 fully saturated rings. The first kappa shape index (κ1) is 48.1. The molecule has 0 aliphatic carbocycles. The Morgan fingerprint density at radius 2 is 0.957 bits per heavy atom. The summed E-state index contributed by atoms with van der Waals surface area (Å²) in [5, 5.41) is 67.3. The Morgan fingerprint density at radius 1 is 0.471 bits per heavy atom. The number of nitrogens with zero attached hydrogens (tertiary/aromatic N) is 6. The molecule has 0 aromatic heterocycles. The zero-order chi connectivity index (χ0) is 50.3. The molecule has 0 saturated carbocycles. The molecule has 0 heterocycles. The second kappa shape index (κ2) is 18.6. The first-order valence-electron chi connectivity index (χ1n) is 20.2. The minimum atomic E-state index is -5.00. The second-order valence-electron chi connectivity index (χ2n) is 15.4. The average Bonchev–Trinajstić information content (AvgIpc) is 3.28. The monoisotopic (exact) mass is 1000 g/mol. The number of aryl methyl sites for hydroxylation is 1. The van der Waals surface area contributed by atoms with Gasteiger partial charge < -0.3 is 31.1 Å². The van der Waals surface area contributed by atoms with Gasteiger partial charge in [-0.15, -0.1) is 10.2 Å². The fourth-order valence-electron chi connectivity index (χ4n) is 7.15. The highest BCUT2D eigenvalue weighted by molar-refractivity contribution is 7.86. The number of fused-ring (bicyclic) bond motifs is 3. The van der Waals surface area contributed by atoms with E-state index in [1.54, 1.807) is 49.4 Å². The van der Waals surface area contributed by atoms with E-state index in [9.17, 15) is 59.3 Å². The first-order chi connectivity index (χ1) is 33.0. The van der Waals surface area contributed by atoms with Crippen molar-refractivity contribution in [3.63, 3.8) is 0 Å². The molecular weight excluding hydrogens is 969 g/mol. The molecule has 0 atom stereocenters. The summed E-state index contributed by atoms with van der Waals surface area (Å²) in [4.78, 5) is 5.75. The van der Waals surface area contributed by atoms with Crippen LogP contribution < -0.4 is 10.6 Å². The standard InChI is InChI=1S/C46H36N8O13S3/c1-24-7-3-6-10-36(24)52-54-42-40(70(65,66)67)21-29-19-31(14-16-35(29)44(42)56)48-46(58)50-38-23-33(68(59,60)61)22-37(25(38)2)49-45(57)47-30-13-15-34-28(18-30)20-39(69(62,63)64)41(43(34)55)53-51-32-12-11-26-8-4-5-9-27(26)17-32/h3-23,55-56H,1-2H3,(H2,47,49,57)(H2,48,50,58)(H,59,60,61)(H,62,63,64)(H,65,66,67). The number of phenols is 2. The van der Waals surface area contributed by atoms with Crippen LogP contribution in [0.2, 0.25) is 0 Å². The number of benzene rings is 8. The maximum absolute atomic E-state index is 12.5. The van der Waals surface area contributed by atoms with Crippen LogP contribution in [0, 0.1) is 13.8 Å². The molecule has 8 aromatic carbocycles. The summed E-state index contributed by atoms with van der Waals surface area (Å²) in [7, 11) is -14.9. The van der Waals surface area contributed by atoms with Gasteiger partial charge in [-0.1, -0.05) is 48.5 Å². The van der Waals surface area contributed by atoms with Crippen LogP contribution in [0.25, 0.3) is 32.3 Å². The van der Waals surface area contributed by atoms with Crippen LogP contribution in [-0.4, -0.2) is 71.4 Å². The van der Waals surface area contributed by atoms with Gasteiger partial charge in [-0.2, -0.15) is 45.5 Å². The van der Waals surface area contributed by atoms with E-state index in [4.69, 9.17) is 0 Å². The number of aliphatic hydroxyl groups is 2. The quantitative estimate of drug-likeness (QED) is 0.0252. The van der Waals surface area contributed by atoms with Crippen molar-refractivity contribution in [2.24, 2.45) is 30.4 Å². The lowest BCUT2D eigenvalue weighted by Gasteiger charge is -2.12. The van der Waals surface area contributed by atoms with Crippen molar-refractivity contribution >= 4 is 120 Å². The summed E-state index contributed by atoms with van der Waals surface area (Å²) in [5.74, 6) is -1.27. The fraction of sp³-hybridized carbons (Fsp3) is 0.0435. The van der Waals surface area contributed by atoms with Crippen molar-refractivity contribution in [3.8, 4) is 11.5 Å². The third kappa shape index (κ3) is 10.4. The number of hydrogen-bond donors (Lipinski definition) is 9. The highest BCUT2D eigenvalue weighted by Crippen LogP contribution is 2.44. The van der Waals surface area contributed by atoms with Gasteiger partial charge in [0.05, 0.1) is 27.6 Å². The van der Waals surface area contributed by atoms with Crippen molar-refractivity contribution in [3.05, 3.63) is 139 Å². The number of aromatic hydroxyl groups is 2. The van der Waals surface area contributed by atoms with E-state index in [1.165, 1.54) is 43.3 Å². The van der Waals surface area contributed by atoms with Crippen molar-refractivity contribution in [1.82, 2.24) is 0 Å². The van der Waals surface area contributed by atoms with Gasteiger partial charge in [-0.05, 0) is 120 Å². The van der Waals surface area contributed by atoms with Gasteiger partial charge in [0.25, 0.3) is 42.4 Å². The predicted octanol–water partition coefficient (Wildman–Crippen LogP) is 11.1. The van der Waals surface area contributed by atoms with Crippen LogP contribution in [0.15, 0.2) is 173 Å². The normalized spacial score (nSPS) is 13.0. The maximum atomic E-state index is 12.5. The Kier molecular flexibility index (Phi) is 12.8. The molecule has 0 unspecified atom stereocenters. The van der Waals surface area contributed by atoms with Gasteiger partial charge in [0, 0.05) is 27.7 Å². The minimum absolute atomic E-state index is 0.0453. The number of aliphatic imine (C=N–C) groups is 2. The summed E-state index contributed by atoms with van der Waals surface area (Å²) < 4.78 is 105. The maximum Gasteiger partial charge on any atom is 0.296 e. The molecule has 0 saturated heterocycles. The molecule has 0 aliphatic rings. The summed E-state index contributed by atoms with van der Waals surface area (Å²) >= 11 is 0.